The summed E-state index contributed by atoms with van der Waals surface area (Å²) in [5.41, 5.74) is 14.5. The molecule has 0 bridgehead atoms. The third-order valence-corrected chi connectivity index (χ3v) is 10.6. The van der Waals surface area contributed by atoms with Gasteiger partial charge >= 0.3 is 23.6 Å². The number of anilines is 2. The number of nitrogen functional groups attached to an aromatic ring is 1. The quantitative estimate of drug-likeness (QED) is 0.0738. The summed E-state index contributed by atoms with van der Waals surface area (Å²) < 4.78 is 33.6. The van der Waals surface area contributed by atoms with Gasteiger partial charge in [0.15, 0.2) is 0 Å². The van der Waals surface area contributed by atoms with Gasteiger partial charge in [-0.3, -0.25) is 29.1 Å². The zero-order valence-electron chi connectivity index (χ0n) is 33.4. The molecule has 2 aromatic carbocycles. The summed E-state index contributed by atoms with van der Waals surface area (Å²) >= 11 is 0. The van der Waals surface area contributed by atoms with Gasteiger partial charge in [0.1, 0.15) is 24.2 Å². The highest BCUT2D eigenvalue weighted by molar-refractivity contribution is 6.76. The number of amides is 4. The second-order valence-electron chi connectivity index (χ2n) is 14.9. The third-order valence-electron chi connectivity index (χ3n) is 8.86. The molecule has 0 unspecified atom stereocenters. The number of nitrogens with zero attached hydrogens (tertiary/aromatic N) is 7. The molecule has 0 aliphatic carbocycles. The van der Waals surface area contributed by atoms with E-state index in [9.17, 15) is 28.0 Å². The largest absolute Gasteiger partial charge is 0.383 e. The van der Waals surface area contributed by atoms with E-state index in [1.807, 2.05) is 60.7 Å². The number of fused-ring (bicyclic) bond motifs is 1. The van der Waals surface area contributed by atoms with E-state index in [-0.39, 0.29) is 44.4 Å². The molecule has 4 heterocycles. The Morgan fingerprint density at radius 1 is 0.717 bits per heavy atom. The fourth-order valence-corrected chi connectivity index (χ4v) is 6.47. The lowest BCUT2D eigenvalue weighted by molar-refractivity contribution is -0.145. The summed E-state index contributed by atoms with van der Waals surface area (Å²) in [5.74, 6) is -4.19. The molecule has 6 rings (SSSR count). The van der Waals surface area contributed by atoms with E-state index in [1.54, 1.807) is 10.9 Å². The number of aromatic nitrogens is 5. The Morgan fingerprint density at radius 2 is 1.25 bits per heavy atom. The maximum Gasteiger partial charge on any atom is 0.314 e. The SMILES string of the molecule is C[Si](C)(C)CCOCn1ncc2c(N)ncc(NC(=O)C(=O)N(Cc3ccccc3)Cc3ccc(F)cn3)c21.NC(=O)C(=O)N(Cc1ccccc1)Cc1ccc(F)cn1. The molecular formula is C42H46F2N10O5Si. The van der Waals surface area contributed by atoms with Gasteiger partial charge in [-0.15, -0.1) is 0 Å². The predicted molar refractivity (Wildman–Crippen MR) is 224 cm³/mol. The molecule has 60 heavy (non-hydrogen) atoms. The highest BCUT2D eigenvalue weighted by Crippen LogP contribution is 2.27. The lowest BCUT2D eigenvalue weighted by Crippen LogP contribution is -2.39. The summed E-state index contributed by atoms with van der Waals surface area (Å²) in [6.07, 6.45) is 5.08. The molecule has 0 fully saturated rings. The van der Waals surface area contributed by atoms with Crippen LogP contribution in [-0.2, 0) is 56.8 Å². The van der Waals surface area contributed by atoms with Gasteiger partial charge in [-0.05, 0) is 41.4 Å². The number of ether oxygens (including phenoxy) is 1. The van der Waals surface area contributed by atoms with E-state index >= 15 is 0 Å². The summed E-state index contributed by atoms with van der Waals surface area (Å²) in [6, 6.07) is 24.9. The van der Waals surface area contributed by atoms with Gasteiger partial charge < -0.3 is 31.3 Å². The molecule has 0 saturated heterocycles. The van der Waals surface area contributed by atoms with Gasteiger partial charge in [-0.2, -0.15) is 5.10 Å². The number of rotatable bonds is 14. The molecule has 0 saturated carbocycles. The van der Waals surface area contributed by atoms with Crippen LogP contribution in [0.2, 0.25) is 25.7 Å². The molecule has 5 N–H and O–H groups in total. The van der Waals surface area contributed by atoms with Gasteiger partial charge in [0.05, 0.1) is 65.9 Å². The summed E-state index contributed by atoms with van der Waals surface area (Å²) in [5, 5.41) is 7.56. The molecule has 0 spiro atoms. The van der Waals surface area contributed by atoms with Crippen molar-refractivity contribution in [2.45, 2.75) is 58.6 Å². The van der Waals surface area contributed by atoms with Crippen LogP contribution in [0.25, 0.3) is 10.9 Å². The van der Waals surface area contributed by atoms with Crippen molar-refractivity contribution < 1.29 is 32.7 Å². The Labute approximate surface area is 346 Å². The molecule has 4 aromatic heterocycles. The molecule has 0 aliphatic heterocycles. The number of nitrogens with two attached hydrogens (primary N) is 2. The zero-order chi connectivity index (χ0) is 43.2. The summed E-state index contributed by atoms with van der Waals surface area (Å²) in [6.45, 7) is 8.02. The Bertz CT molecular complexity index is 2380. The molecule has 312 valence electrons. The van der Waals surface area contributed by atoms with Crippen LogP contribution in [-0.4, -0.2) is 72.8 Å². The van der Waals surface area contributed by atoms with Gasteiger partial charge in [-0.1, -0.05) is 80.3 Å². The average molecular weight is 837 g/mol. The van der Waals surface area contributed by atoms with Crippen LogP contribution < -0.4 is 16.8 Å². The maximum absolute atomic E-state index is 13.4. The number of pyridine rings is 3. The Balaban J connectivity index is 0.000000274. The molecule has 0 atom stereocenters. The number of primary amides is 1. The fourth-order valence-electron chi connectivity index (χ4n) is 5.71. The first-order valence-corrected chi connectivity index (χ1v) is 22.5. The summed E-state index contributed by atoms with van der Waals surface area (Å²) in [7, 11) is -1.26. The second-order valence-corrected chi connectivity index (χ2v) is 20.5. The number of benzene rings is 2. The Morgan fingerprint density at radius 3 is 1.73 bits per heavy atom. The van der Waals surface area contributed by atoms with Crippen LogP contribution in [0.1, 0.15) is 22.5 Å². The first-order chi connectivity index (χ1) is 28.7. The molecule has 0 aliphatic rings. The maximum atomic E-state index is 13.4. The number of carbonyl (C=O) groups excluding carboxylic acids is 4. The molecule has 4 amide bonds. The van der Waals surface area contributed by atoms with Crippen LogP contribution in [0, 0.1) is 11.6 Å². The fraction of sp³-hybridized carbons (Fsp3) is 0.238. The summed E-state index contributed by atoms with van der Waals surface area (Å²) in [4.78, 5) is 64.3. The normalized spacial score (nSPS) is 11.0. The van der Waals surface area contributed by atoms with Gasteiger partial charge in [0.2, 0.25) is 0 Å². The minimum Gasteiger partial charge on any atom is -0.383 e. The lowest BCUT2D eigenvalue weighted by Gasteiger charge is -2.22. The van der Waals surface area contributed by atoms with Crippen LogP contribution in [0.5, 0.6) is 0 Å². The van der Waals surface area contributed by atoms with Crippen molar-refractivity contribution in [2.75, 3.05) is 17.7 Å². The number of halogens is 2. The van der Waals surface area contributed by atoms with Crippen molar-refractivity contribution >= 4 is 54.1 Å². The van der Waals surface area contributed by atoms with Crippen molar-refractivity contribution in [2.24, 2.45) is 5.73 Å². The zero-order valence-corrected chi connectivity index (χ0v) is 34.4. The predicted octanol–water partition coefficient (Wildman–Crippen LogP) is 5.26. The third kappa shape index (κ3) is 13.0. The van der Waals surface area contributed by atoms with Crippen molar-refractivity contribution in [3.05, 3.63) is 144 Å². The second kappa shape index (κ2) is 20.7. The topological polar surface area (TPSA) is 205 Å². The van der Waals surface area contributed by atoms with E-state index in [4.69, 9.17) is 16.2 Å². The van der Waals surface area contributed by atoms with Crippen molar-refractivity contribution in [1.29, 1.82) is 0 Å². The van der Waals surface area contributed by atoms with Crippen LogP contribution in [0.3, 0.4) is 0 Å². The van der Waals surface area contributed by atoms with E-state index in [2.05, 4.69) is 45.0 Å². The lowest BCUT2D eigenvalue weighted by atomic mass is 10.2. The Hall–Kier alpha value is -6.92. The van der Waals surface area contributed by atoms with Gasteiger partial charge in [-0.25, -0.2) is 18.4 Å². The standard InChI is InChI=1S/C27H32FN7O3Si.C15H14FN3O2/c1-39(2,3)12-11-38-18-35-24-22(14-32-35)25(29)31-15-23(24)33-26(36)27(37)34(16-19-7-5-4-6-8-19)17-21-10-9-20(28)13-30-21;16-12-6-7-13(18-8-12)10-19(15(21)14(17)20)9-11-4-2-1-3-5-11/h4-10,13-15H,11-12,16-18H2,1-3H3,(H2,29,31)(H,33,36);1-8H,9-10H2,(H2,17,20). The van der Waals surface area contributed by atoms with Gasteiger partial charge in [0.25, 0.3) is 0 Å². The minimum atomic E-state index is -1.26. The number of carbonyl (C=O) groups is 4. The molecule has 18 heteroatoms. The minimum absolute atomic E-state index is 0.0136. The van der Waals surface area contributed by atoms with E-state index in [0.29, 0.717) is 28.9 Å². The molecule has 0 radical (unpaired) electrons. The Kier molecular flexibility index (Phi) is 15.2. The average Bonchev–Trinajstić information content (AvgIpc) is 3.67. The van der Waals surface area contributed by atoms with Crippen molar-refractivity contribution in [3.63, 3.8) is 0 Å². The molecule has 6 aromatic rings. The number of hydrogen-bond donors (Lipinski definition) is 3. The first kappa shape index (κ1) is 44.2. The van der Waals surface area contributed by atoms with Crippen molar-refractivity contribution in [1.82, 2.24) is 34.5 Å². The van der Waals surface area contributed by atoms with E-state index in [1.165, 1.54) is 40.3 Å². The van der Waals surface area contributed by atoms with E-state index < -0.39 is 43.3 Å². The number of nitrogens with one attached hydrogen (secondary N) is 1. The van der Waals surface area contributed by atoms with Crippen LogP contribution >= 0.6 is 0 Å². The van der Waals surface area contributed by atoms with Crippen LogP contribution in [0.4, 0.5) is 20.3 Å². The highest BCUT2D eigenvalue weighted by atomic mass is 28.3. The highest BCUT2D eigenvalue weighted by Gasteiger charge is 2.25. The smallest absolute Gasteiger partial charge is 0.314 e. The van der Waals surface area contributed by atoms with E-state index in [0.717, 1.165) is 29.6 Å². The molecule has 15 nitrogen and oxygen atoms in total. The van der Waals surface area contributed by atoms with Crippen LogP contribution in [0.15, 0.2) is 110 Å². The first-order valence-electron chi connectivity index (χ1n) is 18.8. The number of hydrogen-bond acceptors (Lipinski definition) is 10. The monoisotopic (exact) mass is 836 g/mol. The molecular weight excluding hydrogens is 791 g/mol. The van der Waals surface area contributed by atoms with Gasteiger partial charge in [0, 0.05) is 27.8 Å². The van der Waals surface area contributed by atoms with Crippen molar-refractivity contribution in [3.8, 4) is 0 Å².